The maximum atomic E-state index is 14.0. The lowest BCUT2D eigenvalue weighted by Gasteiger charge is -2.29. The van der Waals surface area contributed by atoms with Gasteiger partial charge in [0, 0.05) is 6.04 Å². The van der Waals surface area contributed by atoms with Gasteiger partial charge in [-0.15, -0.1) is 0 Å². The number of benzene rings is 1. The van der Waals surface area contributed by atoms with Gasteiger partial charge in [-0.3, -0.25) is 9.59 Å². The third kappa shape index (κ3) is 2.30. The molecule has 0 aromatic heterocycles. The summed E-state index contributed by atoms with van der Waals surface area (Å²) in [5.74, 6) is -2.11. The molecule has 0 heterocycles. The van der Waals surface area contributed by atoms with E-state index in [1.165, 1.54) is 6.07 Å². The lowest BCUT2D eigenvalue weighted by Crippen LogP contribution is -2.47. The first-order chi connectivity index (χ1) is 9.99. The minimum Gasteiger partial charge on any atom is -0.481 e. The number of aryl methyl sites for hydroxylation is 1. The second kappa shape index (κ2) is 5.13. The lowest BCUT2D eigenvalue weighted by molar-refractivity contribution is -0.144. The van der Waals surface area contributed by atoms with Crippen molar-refractivity contribution in [2.75, 3.05) is 0 Å². The van der Waals surface area contributed by atoms with Crippen LogP contribution in [0.5, 0.6) is 0 Å². The molecule has 2 bridgehead atoms. The van der Waals surface area contributed by atoms with Gasteiger partial charge < -0.3 is 10.4 Å². The van der Waals surface area contributed by atoms with Crippen LogP contribution in [0.4, 0.5) is 4.39 Å². The number of rotatable bonds is 3. The Bertz CT molecular complexity index is 601. The Morgan fingerprint density at radius 2 is 2.00 bits per heavy atom. The van der Waals surface area contributed by atoms with Crippen molar-refractivity contribution in [3.63, 3.8) is 0 Å². The Morgan fingerprint density at radius 3 is 2.71 bits per heavy atom. The van der Waals surface area contributed by atoms with E-state index in [0.717, 1.165) is 19.3 Å². The molecule has 2 fully saturated rings. The monoisotopic (exact) mass is 291 g/mol. The highest BCUT2D eigenvalue weighted by molar-refractivity contribution is 5.95. The second-order valence-electron chi connectivity index (χ2n) is 6.13. The van der Waals surface area contributed by atoms with Crippen molar-refractivity contribution < 1.29 is 19.1 Å². The average molecular weight is 291 g/mol. The first-order valence-electron chi connectivity index (χ1n) is 7.28. The van der Waals surface area contributed by atoms with E-state index in [4.69, 9.17) is 0 Å². The van der Waals surface area contributed by atoms with Crippen LogP contribution in [0, 0.1) is 30.5 Å². The molecule has 2 N–H and O–H groups in total. The third-order valence-electron chi connectivity index (χ3n) is 4.94. The van der Waals surface area contributed by atoms with Crippen molar-refractivity contribution in [2.45, 2.75) is 32.2 Å². The molecule has 0 spiro atoms. The molecule has 21 heavy (non-hydrogen) atoms. The summed E-state index contributed by atoms with van der Waals surface area (Å²) in [4.78, 5) is 23.7. The highest BCUT2D eigenvalue weighted by Crippen LogP contribution is 2.48. The Kier molecular flexibility index (Phi) is 3.43. The number of nitrogens with one attached hydrogen (secondary N) is 1. The molecular formula is C16H18FNO3. The van der Waals surface area contributed by atoms with Crippen molar-refractivity contribution in [1.29, 1.82) is 0 Å². The molecule has 4 unspecified atom stereocenters. The molecule has 5 heteroatoms. The summed E-state index contributed by atoms with van der Waals surface area (Å²) in [5, 5.41) is 12.1. The number of carbonyl (C=O) groups excluding carboxylic acids is 1. The van der Waals surface area contributed by atoms with Gasteiger partial charge in [0.25, 0.3) is 5.91 Å². The predicted molar refractivity (Wildman–Crippen MR) is 74.3 cm³/mol. The van der Waals surface area contributed by atoms with Crippen LogP contribution in [0.3, 0.4) is 0 Å². The number of aliphatic carboxylic acids is 1. The maximum absolute atomic E-state index is 14.0. The van der Waals surface area contributed by atoms with E-state index in [0.29, 0.717) is 5.56 Å². The molecule has 1 amide bonds. The SMILES string of the molecule is Cc1cccc(C(=O)NC2C3CCC(C3)C2C(=O)O)c1F. The molecule has 112 valence electrons. The molecule has 4 nitrogen and oxygen atoms in total. The summed E-state index contributed by atoms with van der Waals surface area (Å²) < 4.78 is 14.0. The van der Waals surface area contributed by atoms with Crippen LogP contribution in [-0.4, -0.2) is 23.0 Å². The number of carboxylic acids is 1. The Balaban J connectivity index is 1.81. The Hall–Kier alpha value is -1.91. The fourth-order valence-electron chi connectivity index (χ4n) is 3.91. The van der Waals surface area contributed by atoms with Crippen LogP contribution in [-0.2, 0) is 4.79 Å². The van der Waals surface area contributed by atoms with Crippen LogP contribution < -0.4 is 5.32 Å². The molecular weight excluding hydrogens is 273 g/mol. The van der Waals surface area contributed by atoms with Gasteiger partial charge in [0.15, 0.2) is 0 Å². The van der Waals surface area contributed by atoms with Crippen molar-refractivity contribution in [3.05, 3.63) is 35.1 Å². The number of carboxylic acid groups (broad SMARTS) is 1. The first kappa shape index (κ1) is 14.0. The van der Waals surface area contributed by atoms with Crippen LogP contribution in [0.1, 0.15) is 35.2 Å². The highest BCUT2D eigenvalue weighted by Gasteiger charge is 2.51. The smallest absolute Gasteiger partial charge is 0.308 e. The van der Waals surface area contributed by atoms with Gasteiger partial charge in [-0.2, -0.15) is 0 Å². The summed E-state index contributed by atoms with van der Waals surface area (Å²) in [7, 11) is 0. The molecule has 2 aliphatic carbocycles. The molecule has 0 radical (unpaired) electrons. The molecule has 0 saturated heterocycles. The molecule has 2 saturated carbocycles. The summed E-state index contributed by atoms with van der Waals surface area (Å²) in [6.45, 7) is 1.60. The molecule has 4 atom stereocenters. The maximum Gasteiger partial charge on any atom is 0.308 e. The predicted octanol–water partition coefficient (Wildman–Crippen LogP) is 2.36. The van der Waals surface area contributed by atoms with E-state index in [1.807, 2.05) is 0 Å². The fourth-order valence-corrected chi connectivity index (χ4v) is 3.91. The van der Waals surface area contributed by atoms with Gasteiger partial charge in [0.05, 0.1) is 11.5 Å². The zero-order valence-corrected chi connectivity index (χ0v) is 11.8. The highest BCUT2D eigenvalue weighted by atomic mass is 19.1. The molecule has 0 aliphatic heterocycles. The fraction of sp³-hybridized carbons (Fsp3) is 0.500. The van der Waals surface area contributed by atoms with Gasteiger partial charge in [0.1, 0.15) is 5.82 Å². The zero-order chi connectivity index (χ0) is 15.1. The van der Waals surface area contributed by atoms with E-state index in [2.05, 4.69) is 5.32 Å². The number of fused-ring (bicyclic) bond motifs is 2. The average Bonchev–Trinajstić information content (AvgIpc) is 3.02. The van der Waals surface area contributed by atoms with Crippen molar-refractivity contribution in [2.24, 2.45) is 17.8 Å². The number of hydrogen-bond acceptors (Lipinski definition) is 2. The quantitative estimate of drug-likeness (QED) is 0.898. The molecule has 3 rings (SSSR count). The minimum absolute atomic E-state index is 0.0121. The molecule has 2 aliphatic rings. The number of carbonyl (C=O) groups is 2. The lowest BCUT2D eigenvalue weighted by atomic mass is 9.84. The van der Waals surface area contributed by atoms with Crippen molar-refractivity contribution in [1.82, 2.24) is 5.32 Å². The largest absolute Gasteiger partial charge is 0.481 e. The normalized spacial score (nSPS) is 30.4. The standard InChI is InChI=1S/C16H18FNO3/c1-8-3-2-4-11(13(8)17)15(19)18-14-10-6-5-9(7-10)12(14)16(20)21/h2-4,9-10,12,14H,5-7H2,1H3,(H,18,19)(H,20,21). The summed E-state index contributed by atoms with van der Waals surface area (Å²) >= 11 is 0. The molecule has 1 aromatic carbocycles. The number of amides is 1. The number of halogens is 1. The van der Waals surface area contributed by atoms with Gasteiger partial charge in [-0.05, 0) is 49.7 Å². The van der Waals surface area contributed by atoms with E-state index >= 15 is 0 Å². The van der Waals surface area contributed by atoms with E-state index < -0.39 is 23.6 Å². The summed E-state index contributed by atoms with van der Waals surface area (Å²) in [6, 6.07) is 4.28. The van der Waals surface area contributed by atoms with Gasteiger partial charge in [0.2, 0.25) is 0 Å². The summed E-state index contributed by atoms with van der Waals surface area (Å²) in [5.41, 5.74) is 0.396. The Labute approximate surface area is 122 Å². The molecule has 1 aromatic rings. The van der Waals surface area contributed by atoms with Gasteiger partial charge in [-0.25, -0.2) is 4.39 Å². The van der Waals surface area contributed by atoms with Crippen LogP contribution in [0.15, 0.2) is 18.2 Å². The number of hydrogen-bond donors (Lipinski definition) is 2. The van der Waals surface area contributed by atoms with Gasteiger partial charge >= 0.3 is 5.97 Å². The topological polar surface area (TPSA) is 66.4 Å². The van der Waals surface area contributed by atoms with E-state index in [1.54, 1.807) is 19.1 Å². The summed E-state index contributed by atoms with van der Waals surface area (Å²) in [6.07, 6.45) is 2.70. The van der Waals surface area contributed by atoms with Crippen LogP contribution in [0.2, 0.25) is 0 Å². The van der Waals surface area contributed by atoms with Crippen LogP contribution in [0.25, 0.3) is 0 Å². The van der Waals surface area contributed by atoms with E-state index in [9.17, 15) is 19.1 Å². The van der Waals surface area contributed by atoms with Gasteiger partial charge in [-0.1, -0.05) is 12.1 Å². The second-order valence-corrected chi connectivity index (χ2v) is 6.13. The van der Waals surface area contributed by atoms with Crippen LogP contribution >= 0.6 is 0 Å². The first-order valence-corrected chi connectivity index (χ1v) is 7.28. The van der Waals surface area contributed by atoms with Crippen molar-refractivity contribution in [3.8, 4) is 0 Å². The Morgan fingerprint density at radius 1 is 1.29 bits per heavy atom. The minimum atomic E-state index is -0.864. The van der Waals surface area contributed by atoms with Crippen molar-refractivity contribution >= 4 is 11.9 Å². The third-order valence-corrected chi connectivity index (χ3v) is 4.94. The van der Waals surface area contributed by atoms with E-state index in [-0.39, 0.29) is 23.4 Å². The zero-order valence-electron chi connectivity index (χ0n) is 11.8.